The fourth-order valence-corrected chi connectivity index (χ4v) is 8.67. The van der Waals surface area contributed by atoms with Crippen LogP contribution in [0, 0.1) is 0 Å². The number of anilines is 3. The Hall–Kier alpha value is -5.96. The Morgan fingerprint density at radius 3 is 1.69 bits per heavy atom. The molecule has 0 spiro atoms. The van der Waals surface area contributed by atoms with Crippen molar-refractivity contribution < 1.29 is 0 Å². The van der Waals surface area contributed by atoms with Crippen molar-refractivity contribution in [1.82, 2.24) is 0 Å². The molecule has 0 N–H and O–H groups in total. The predicted octanol–water partition coefficient (Wildman–Crippen LogP) is 13.8. The van der Waals surface area contributed by atoms with Crippen molar-refractivity contribution in [3.63, 3.8) is 0 Å². The summed E-state index contributed by atoms with van der Waals surface area (Å²) in [6, 6.07) is 64.6. The van der Waals surface area contributed by atoms with Gasteiger partial charge in [-0.2, -0.15) is 0 Å². The highest BCUT2D eigenvalue weighted by molar-refractivity contribution is 7.26. The van der Waals surface area contributed by atoms with Crippen molar-refractivity contribution in [3.05, 3.63) is 176 Å². The van der Waals surface area contributed by atoms with Crippen molar-refractivity contribution in [2.45, 2.75) is 0 Å². The molecule has 0 atom stereocenters. The number of hydrogen-bond donors (Lipinski definition) is 0. The van der Waals surface area contributed by atoms with Gasteiger partial charge in [-0.15, -0.1) is 11.3 Å². The van der Waals surface area contributed by atoms with E-state index in [1.54, 1.807) is 0 Å². The number of thiophene rings is 1. The van der Waals surface area contributed by atoms with Crippen molar-refractivity contribution in [1.29, 1.82) is 0 Å². The van der Waals surface area contributed by atoms with Crippen LogP contribution in [-0.4, -0.2) is 0 Å². The molecule has 0 aliphatic heterocycles. The summed E-state index contributed by atoms with van der Waals surface area (Å²) in [5.74, 6) is 0. The molecule has 1 nitrogen and oxygen atoms in total. The molecule has 1 heterocycles. The van der Waals surface area contributed by atoms with Gasteiger partial charge in [0.1, 0.15) is 0 Å². The topological polar surface area (TPSA) is 3.24 Å². The Morgan fingerprint density at radius 2 is 0.896 bits per heavy atom. The van der Waals surface area contributed by atoms with Crippen LogP contribution >= 0.6 is 11.3 Å². The van der Waals surface area contributed by atoms with Gasteiger partial charge in [0.05, 0.1) is 10.4 Å². The van der Waals surface area contributed by atoms with Gasteiger partial charge in [0.2, 0.25) is 0 Å². The van der Waals surface area contributed by atoms with E-state index in [1.165, 1.54) is 80.1 Å². The maximum atomic E-state index is 2.44. The lowest BCUT2D eigenvalue weighted by Crippen LogP contribution is -2.10. The van der Waals surface area contributed by atoms with E-state index in [0.29, 0.717) is 0 Å². The molecule has 0 saturated carbocycles. The third kappa shape index (κ3) is 4.31. The highest BCUT2D eigenvalue weighted by atomic mass is 32.1. The second-order valence-corrected chi connectivity index (χ2v) is 13.6. The molecule has 9 aromatic carbocycles. The Kier molecular flexibility index (Phi) is 6.12. The first kappa shape index (κ1) is 27.2. The smallest absolute Gasteiger partial charge is 0.0640 e. The van der Waals surface area contributed by atoms with Crippen LogP contribution < -0.4 is 4.90 Å². The summed E-state index contributed by atoms with van der Waals surface area (Å²) in [5, 5.41) is 12.8. The first-order valence-corrected chi connectivity index (χ1v) is 17.2. The van der Waals surface area contributed by atoms with E-state index < -0.39 is 0 Å². The number of fused-ring (bicyclic) bond motifs is 9. The van der Waals surface area contributed by atoms with Gasteiger partial charge in [-0.1, -0.05) is 133 Å². The van der Waals surface area contributed by atoms with E-state index in [0.717, 1.165) is 11.4 Å². The molecule has 2 heteroatoms. The molecule has 0 bridgehead atoms. The summed E-state index contributed by atoms with van der Waals surface area (Å²) in [6.45, 7) is 0. The van der Waals surface area contributed by atoms with Gasteiger partial charge in [0.15, 0.2) is 0 Å². The number of hydrogen-bond acceptors (Lipinski definition) is 2. The summed E-state index contributed by atoms with van der Waals surface area (Å²) in [7, 11) is 0. The van der Waals surface area contributed by atoms with Crippen molar-refractivity contribution >= 4 is 91.7 Å². The highest BCUT2D eigenvalue weighted by Crippen LogP contribution is 2.45. The number of rotatable bonds is 4. The lowest BCUT2D eigenvalue weighted by molar-refractivity contribution is 1.31. The van der Waals surface area contributed by atoms with Gasteiger partial charge in [-0.05, 0) is 96.7 Å². The Bertz CT molecular complexity index is 2840. The lowest BCUT2D eigenvalue weighted by Gasteiger charge is -2.27. The minimum absolute atomic E-state index is 1.13. The molecule has 0 unspecified atom stereocenters. The van der Waals surface area contributed by atoms with Crippen LogP contribution in [0.2, 0.25) is 0 Å². The summed E-state index contributed by atoms with van der Waals surface area (Å²) in [5.41, 5.74) is 5.90. The van der Waals surface area contributed by atoms with Gasteiger partial charge in [0.25, 0.3) is 0 Å². The fraction of sp³-hybridized carbons (Fsp3) is 0. The molecule has 224 valence electrons. The quantitative estimate of drug-likeness (QED) is 0.176. The zero-order chi connectivity index (χ0) is 31.6. The van der Waals surface area contributed by atoms with E-state index in [4.69, 9.17) is 0 Å². The molecule has 0 aliphatic carbocycles. The molecule has 0 amide bonds. The van der Waals surface area contributed by atoms with E-state index >= 15 is 0 Å². The molecule has 0 radical (unpaired) electrons. The Balaban J connectivity index is 1.15. The Labute approximate surface area is 282 Å². The lowest BCUT2D eigenvalue weighted by atomic mass is 9.97. The average molecular weight is 628 g/mol. The number of benzene rings is 9. The maximum absolute atomic E-state index is 2.44. The maximum Gasteiger partial charge on any atom is 0.0640 e. The van der Waals surface area contributed by atoms with Crippen LogP contribution in [0.4, 0.5) is 17.1 Å². The van der Waals surface area contributed by atoms with Gasteiger partial charge in [-0.3, -0.25) is 0 Å². The monoisotopic (exact) mass is 627 g/mol. The van der Waals surface area contributed by atoms with Gasteiger partial charge in [0, 0.05) is 26.8 Å². The molecule has 0 fully saturated rings. The molecule has 10 rings (SSSR count). The van der Waals surface area contributed by atoms with Crippen LogP contribution in [0.25, 0.3) is 74.4 Å². The normalized spacial score (nSPS) is 11.8. The van der Waals surface area contributed by atoms with Gasteiger partial charge < -0.3 is 4.90 Å². The predicted molar refractivity (Wildman–Crippen MR) is 209 cm³/mol. The summed E-state index contributed by atoms with van der Waals surface area (Å²) >= 11 is 1.87. The minimum Gasteiger partial charge on any atom is -0.309 e. The first-order valence-electron chi connectivity index (χ1n) is 16.4. The zero-order valence-electron chi connectivity index (χ0n) is 26.1. The van der Waals surface area contributed by atoms with Crippen LogP contribution in [0.3, 0.4) is 0 Å². The summed E-state index contributed by atoms with van der Waals surface area (Å²) in [4.78, 5) is 2.44. The second kappa shape index (κ2) is 10.8. The van der Waals surface area contributed by atoms with Crippen molar-refractivity contribution in [2.24, 2.45) is 0 Å². The largest absolute Gasteiger partial charge is 0.309 e. The van der Waals surface area contributed by atoms with Crippen molar-refractivity contribution in [3.8, 4) is 11.1 Å². The van der Waals surface area contributed by atoms with Crippen molar-refractivity contribution in [2.75, 3.05) is 4.90 Å². The summed E-state index contributed by atoms with van der Waals surface area (Å²) < 4.78 is 2.60. The van der Waals surface area contributed by atoms with Crippen LogP contribution in [0.5, 0.6) is 0 Å². The molecule has 0 aliphatic rings. The minimum atomic E-state index is 1.13. The average Bonchev–Trinajstić information content (AvgIpc) is 3.54. The fourth-order valence-electron chi connectivity index (χ4n) is 7.46. The molecule has 10 aromatic rings. The molecule has 48 heavy (non-hydrogen) atoms. The second-order valence-electron chi connectivity index (χ2n) is 12.5. The van der Waals surface area contributed by atoms with E-state index in [2.05, 4.69) is 181 Å². The van der Waals surface area contributed by atoms with Crippen LogP contribution in [0.1, 0.15) is 0 Å². The number of nitrogens with zero attached hydrogens (tertiary/aromatic N) is 1. The molecule has 1 aromatic heterocycles. The van der Waals surface area contributed by atoms with E-state index in [-0.39, 0.29) is 0 Å². The van der Waals surface area contributed by atoms with Crippen LogP contribution in [-0.2, 0) is 0 Å². The zero-order valence-corrected chi connectivity index (χ0v) is 26.9. The van der Waals surface area contributed by atoms with E-state index in [9.17, 15) is 0 Å². The Morgan fingerprint density at radius 1 is 0.333 bits per heavy atom. The van der Waals surface area contributed by atoms with E-state index in [1.807, 2.05) is 11.3 Å². The third-order valence-corrected chi connectivity index (χ3v) is 11.0. The van der Waals surface area contributed by atoms with Gasteiger partial charge in [-0.25, -0.2) is 0 Å². The molecular weight excluding hydrogens is 599 g/mol. The molecule has 0 saturated heterocycles. The molecular formula is C46H29NS. The summed E-state index contributed by atoms with van der Waals surface area (Å²) in [6.07, 6.45) is 0. The SMILES string of the molecule is c1ccc2c(c1)ccc1cc(-c3ccc(N(c4ccc5ccc6ccccc6c5c4)c4cccc5c4sc4ccccc45)cc3)ccc12. The van der Waals surface area contributed by atoms with Gasteiger partial charge >= 0.3 is 0 Å². The first-order chi connectivity index (χ1) is 23.8. The standard InChI is InChI=1S/C46H29NS/c1-3-10-38-31(8-1)18-19-35-28-34(23-27-40(35)38)30-20-24-36(25-21-30)47(44-14-7-13-42-41-12-5-6-15-45(41)48-46(42)44)37-26-22-33-17-16-32-9-2-4-11-39(32)43(33)29-37/h1-29H. The highest BCUT2D eigenvalue weighted by Gasteiger charge is 2.19. The van der Waals surface area contributed by atoms with Crippen LogP contribution in [0.15, 0.2) is 176 Å². The third-order valence-electron chi connectivity index (χ3n) is 9.82.